The number of carbonyl (C=O) groups is 2. The third kappa shape index (κ3) is 7.14. The fraction of sp³-hybridized carbons (Fsp3) is 0.724. The lowest BCUT2D eigenvalue weighted by atomic mass is 9.79. The first kappa shape index (κ1) is 28.1. The number of amides is 1. The summed E-state index contributed by atoms with van der Waals surface area (Å²) in [5.74, 6) is 4.93. The summed E-state index contributed by atoms with van der Waals surface area (Å²) in [7, 11) is 0. The maximum absolute atomic E-state index is 14.1. The summed E-state index contributed by atoms with van der Waals surface area (Å²) < 4.78 is 11.7. The Morgan fingerprint density at radius 1 is 1.11 bits per heavy atom. The van der Waals surface area contributed by atoms with Crippen LogP contribution < -0.4 is 4.90 Å². The van der Waals surface area contributed by atoms with Gasteiger partial charge in [-0.2, -0.15) is 0 Å². The zero-order valence-electron chi connectivity index (χ0n) is 22.5. The lowest BCUT2D eigenvalue weighted by molar-refractivity contribution is -0.129. The number of hydrogen-bond acceptors (Lipinski definition) is 6. The van der Waals surface area contributed by atoms with Crippen molar-refractivity contribution in [2.75, 3.05) is 18.1 Å². The molecule has 37 heavy (non-hydrogen) atoms. The smallest absolute Gasteiger partial charge is 0.348 e. The van der Waals surface area contributed by atoms with Gasteiger partial charge in [0.1, 0.15) is 4.88 Å². The molecule has 2 saturated carbocycles. The van der Waals surface area contributed by atoms with Crippen LogP contribution in [-0.2, 0) is 14.3 Å². The molecule has 0 radical (unpaired) electrons. The van der Waals surface area contributed by atoms with E-state index in [9.17, 15) is 19.8 Å². The van der Waals surface area contributed by atoms with Gasteiger partial charge in [-0.1, -0.05) is 18.8 Å². The molecule has 1 amide bonds. The first-order valence-electron chi connectivity index (χ1n) is 13.7. The molecule has 204 valence electrons. The minimum Gasteiger partial charge on any atom is -0.477 e. The minimum absolute atomic E-state index is 0.121. The summed E-state index contributed by atoms with van der Waals surface area (Å²) >= 11 is 1.12. The molecule has 2 aliphatic carbocycles. The van der Waals surface area contributed by atoms with E-state index in [2.05, 4.69) is 18.8 Å². The Hall–Kier alpha value is -1.92. The minimum atomic E-state index is -1.06. The van der Waals surface area contributed by atoms with E-state index >= 15 is 0 Å². The number of carbonyl (C=O) groups excluding carboxylic acids is 1. The number of rotatable bonds is 6. The Balaban J connectivity index is 1.62. The SMILES string of the molecule is C[C@@H]1CC[C@@H](C(=O)N(c2cc(C#CC(C)(C)C)sc2C(=O)O)C2CCC(O[C@H]3CCOC3)CC2)[C@@H](O)C1. The molecule has 8 heteroatoms. The van der Waals surface area contributed by atoms with E-state index in [4.69, 9.17) is 9.47 Å². The number of aliphatic hydroxyl groups excluding tert-OH is 1. The topological polar surface area (TPSA) is 96.3 Å². The van der Waals surface area contributed by atoms with Crippen LogP contribution in [0.4, 0.5) is 5.69 Å². The van der Waals surface area contributed by atoms with Gasteiger partial charge in [0.15, 0.2) is 0 Å². The van der Waals surface area contributed by atoms with Gasteiger partial charge in [-0.05, 0) is 84.1 Å². The molecule has 7 nitrogen and oxygen atoms in total. The van der Waals surface area contributed by atoms with E-state index < -0.39 is 18.0 Å². The van der Waals surface area contributed by atoms with Crippen molar-refractivity contribution >= 4 is 28.9 Å². The molecule has 3 aliphatic rings. The molecule has 1 aromatic rings. The maximum atomic E-state index is 14.1. The van der Waals surface area contributed by atoms with Crippen molar-refractivity contribution in [2.24, 2.45) is 17.3 Å². The lowest BCUT2D eigenvalue weighted by Gasteiger charge is -2.41. The number of carboxylic acid groups (broad SMARTS) is 1. The maximum Gasteiger partial charge on any atom is 0.348 e. The van der Waals surface area contributed by atoms with E-state index in [-0.39, 0.29) is 34.4 Å². The third-order valence-electron chi connectivity index (χ3n) is 7.64. The Morgan fingerprint density at radius 3 is 2.43 bits per heavy atom. The molecular weight excluding hydrogens is 490 g/mol. The van der Waals surface area contributed by atoms with Crippen molar-refractivity contribution < 1.29 is 29.3 Å². The Bertz CT molecular complexity index is 1020. The van der Waals surface area contributed by atoms with Crippen molar-refractivity contribution in [1.82, 2.24) is 0 Å². The van der Waals surface area contributed by atoms with Crippen LogP contribution in [-0.4, -0.2) is 59.7 Å². The largest absolute Gasteiger partial charge is 0.477 e. The highest BCUT2D eigenvalue weighted by Gasteiger charge is 2.41. The summed E-state index contributed by atoms with van der Waals surface area (Å²) in [4.78, 5) is 28.9. The number of aromatic carboxylic acids is 1. The third-order valence-corrected chi connectivity index (χ3v) is 8.67. The van der Waals surface area contributed by atoms with E-state index in [1.54, 1.807) is 11.0 Å². The second kappa shape index (κ2) is 11.9. The fourth-order valence-corrected chi connectivity index (χ4v) is 6.51. The number of ether oxygens (including phenoxy) is 2. The van der Waals surface area contributed by atoms with Gasteiger partial charge in [0.25, 0.3) is 0 Å². The molecule has 0 unspecified atom stereocenters. The molecule has 2 heterocycles. The molecule has 1 saturated heterocycles. The summed E-state index contributed by atoms with van der Waals surface area (Å²) in [6.07, 6.45) is 5.59. The van der Waals surface area contributed by atoms with E-state index in [1.165, 1.54) is 0 Å². The van der Waals surface area contributed by atoms with Gasteiger partial charge in [-0.3, -0.25) is 4.79 Å². The van der Waals surface area contributed by atoms with Crippen LogP contribution in [0.3, 0.4) is 0 Å². The first-order chi connectivity index (χ1) is 17.5. The quantitative estimate of drug-likeness (QED) is 0.497. The molecule has 4 atom stereocenters. The molecule has 0 aromatic carbocycles. The Morgan fingerprint density at radius 2 is 1.84 bits per heavy atom. The van der Waals surface area contributed by atoms with Gasteiger partial charge in [-0.25, -0.2) is 4.79 Å². The van der Waals surface area contributed by atoms with Gasteiger partial charge < -0.3 is 24.6 Å². The van der Waals surface area contributed by atoms with Gasteiger partial charge in [0.2, 0.25) is 5.91 Å². The normalized spacial score (nSPS) is 30.4. The van der Waals surface area contributed by atoms with E-state index in [0.717, 1.165) is 56.5 Å². The highest BCUT2D eigenvalue weighted by molar-refractivity contribution is 7.15. The monoisotopic (exact) mass is 531 g/mol. The van der Waals surface area contributed by atoms with Crippen LogP contribution >= 0.6 is 11.3 Å². The molecule has 2 N–H and O–H groups in total. The molecule has 0 bridgehead atoms. The van der Waals surface area contributed by atoms with Crippen LogP contribution in [0.2, 0.25) is 0 Å². The fourth-order valence-electron chi connectivity index (χ4n) is 5.67. The zero-order chi connectivity index (χ0) is 26.7. The lowest BCUT2D eigenvalue weighted by Crippen LogP contribution is -2.50. The van der Waals surface area contributed by atoms with Crippen molar-refractivity contribution in [1.29, 1.82) is 0 Å². The molecule has 3 fully saturated rings. The van der Waals surface area contributed by atoms with E-state index in [1.807, 2.05) is 20.8 Å². The van der Waals surface area contributed by atoms with Gasteiger partial charge >= 0.3 is 5.97 Å². The molecule has 4 rings (SSSR count). The average Bonchev–Trinajstić information content (AvgIpc) is 3.49. The van der Waals surface area contributed by atoms with Crippen molar-refractivity contribution in [2.45, 2.75) is 103 Å². The molecular formula is C29H41NO6S. The van der Waals surface area contributed by atoms with Crippen LogP contribution in [0, 0.1) is 29.1 Å². The average molecular weight is 532 g/mol. The number of anilines is 1. The summed E-state index contributed by atoms with van der Waals surface area (Å²) in [6.45, 7) is 9.49. The van der Waals surface area contributed by atoms with Crippen LogP contribution in [0.25, 0.3) is 0 Å². The molecule has 1 aromatic heterocycles. The highest BCUT2D eigenvalue weighted by atomic mass is 32.1. The highest BCUT2D eigenvalue weighted by Crippen LogP contribution is 2.39. The van der Waals surface area contributed by atoms with Crippen molar-refractivity contribution in [3.05, 3.63) is 15.8 Å². The number of aliphatic hydroxyl groups is 1. The van der Waals surface area contributed by atoms with Crippen LogP contribution in [0.5, 0.6) is 0 Å². The van der Waals surface area contributed by atoms with E-state index in [0.29, 0.717) is 35.9 Å². The second-order valence-corrected chi connectivity index (χ2v) is 13.0. The second-order valence-electron chi connectivity index (χ2n) is 12.0. The van der Waals surface area contributed by atoms with Crippen LogP contribution in [0.15, 0.2) is 6.07 Å². The Labute approximate surface area is 224 Å². The predicted molar refractivity (Wildman–Crippen MR) is 144 cm³/mol. The first-order valence-corrected chi connectivity index (χ1v) is 14.5. The summed E-state index contributed by atoms with van der Waals surface area (Å²) in [5, 5.41) is 20.9. The van der Waals surface area contributed by atoms with Crippen molar-refractivity contribution in [3.8, 4) is 11.8 Å². The Kier molecular flexibility index (Phi) is 9.00. The molecule has 1 aliphatic heterocycles. The zero-order valence-corrected chi connectivity index (χ0v) is 23.3. The van der Waals surface area contributed by atoms with Gasteiger partial charge in [-0.15, -0.1) is 11.3 Å². The van der Waals surface area contributed by atoms with Gasteiger partial charge in [0, 0.05) is 18.1 Å². The predicted octanol–water partition coefficient (Wildman–Crippen LogP) is 5.09. The number of nitrogens with zero attached hydrogens (tertiary/aromatic N) is 1. The summed E-state index contributed by atoms with van der Waals surface area (Å²) in [6, 6.07) is 1.62. The van der Waals surface area contributed by atoms with Crippen molar-refractivity contribution in [3.63, 3.8) is 0 Å². The summed E-state index contributed by atoms with van der Waals surface area (Å²) in [5.41, 5.74) is 0.189. The number of thiophene rings is 1. The van der Waals surface area contributed by atoms with Gasteiger partial charge in [0.05, 0.1) is 41.4 Å². The molecule has 0 spiro atoms. The van der Waals surface area contributed by atoms with Crippen LogP contribution in [0.1, 0.15) is 93.6 Å². The standard InChI is InChI=1S/C29H41NO6S/c1-18-5-10-23(25(31)15-18)27(32)30(19-6-8-20(9-7-19)36-21-12-14-35-17-21)24-16-22(11-13-29(2,3)4)37-26(24)28(33)34/h16,18-21,23,25,31H,5-10,12,14-15,17H2,1-4H3,(H,33,34)/t18-,19?,20?,21+,23-,25+/m1/s1. The number of hydrogen-bond donors (Lipinski definition) is 2. The number of carboxylic acids is 1.